The zero-order chi connectivity index (χ0) is 17.1. The molecule has 0 N–H and O–H groups in total. The fourth-order valence-electron chi connectivity index (χ4n) is 2.85. The summed E-state index contributed by atoms with van der Waals surface area (Å²) in [6.07, 6.45) is 8.43. The topological polar surface area (TPSA) is 73.1 Å². The molecule has 0 aliphatic carbocycles. The average molecular weight is 335 g/mol. The van der Waals surface area contributed by atoms with Crippen molar-refractivity contribution in [1.29, 1.82) is 0 Å². The van der Waals surface area contributed by atoms with Crippen LogP contribution in [-0.4, -0.2) is 50.3 Å². The number of nitrogens with zero attached hydrogens (tertiary/aromatic N) is 5. The summed E-state index contributed by atoms with van der Waals surface area (Å²) in [4.78, 5) is 22.9. The molecule has 0 aromatic carbocycles. The third-order valence-corrected chi connectivity index (χ3v) is 4.17. The summed E-state index contributed by atoms with van der Waals surface area (Å²) < 4.78 is 7.45. The van der Waals surface area contributed by atoms with E-state index >= 15 is 0 Å². The standard InChI is InChI=1S/C18H17N5O2/c24-18(15-2-3-17(20-12-15)23-9-1-6-21-23)22-10-11-25-16(13-22)14-4-7-19-8-5-14/h1-9,12,16H,10-11,13H2/t16-/m0/s1. The SMILES string of the molecule is O=C(c1ccc(-n2cccn2)nc1)N1CCO[C@H](c2ccncc2)C1. The first-order valence-corrected chi connectivity index (χ1v) is 8.08. The molecular formula is C18H17N5O2. The van der Waals surface area contributed by atoms with Gasteiger partial charge < -0.3 is 9.64 Å². The zero-order valence-corrected chi connectivity index (χ0v) is 13.5. The quantitative estimate of drug-likeness (QED) is 0.731. The molecule has 4 rings (SSSR count). The lowest BCUT2D eigenvalue weighted by Crippen LogP contribution is -2.42. The number of morpholine rings is 1. The monoisotopic (exact) mass is 335 g/mol. The van der Waals surface area contributed by atoms with Crippen molar-refractivity contribution in [2.24, 2.45) is 0 Å². The molecular weight excluding hydrogens is 318 g/mol. The highest BCUT2D eigenvalue weighted by Gasteiger charge is 2.26. The minimum atomic E-state index is -0.128. The number of carbonyl (C=O) groups is 1. The van der Waals surface area contributed by atoms with Crippen molar-refractivity contribution in [3.05, 3.63) is 72.4 Å². The maximum absolute atomic E-state index is 12.8. The predicted molar refractivity (Wildman–Crippen MR) is 90.2 cm³/mol. The molecule has 0 saturated carbocycles. The Morgan fingerprint density at radius 1 is 1.16 bits per heavy atom. The first kappa shape index (κ1) is 15.5. The van der Waals surface area contributed by atoms with Crippen LogP contribution < -0.4 is 0 Å². The molecule has 1 aliphatic rings. The highest BCUT2D eigenvalue weighted by atomic mass is 16.5. The van der Waals surface area contributed by atoms with Crippen molar-refractivity contribution in [1.82, 2.24) is 24.6 Å². The molecule has 1 fully saturated rings. The summed E-state index contributed by atoms with van der Waals surface area (Å²) in [6.45, 7) is 1.60. The predicted octanol–water partition coefficient (Wildman–Crippen LogP) is 1.88. The van der Waals surface area contributed by atoms with Gasteiger partial charge in [-0.1, -0.05) is 0 Å². The molecule has 7 nitrogen and oxygen atoms in total. The minimum absolute atomic E-state index is 0.0399. The van der Waals surface area contributed by atoms with Gasteiger partial charge in [0.15, 0.2) is 5.82 Å². The molecule has 0 radical (unpaired) electrons. The Balaban J connectivity index is 1.48. The van der Waals surface area contributed by atoms with Crippen molar-refractivity contribution in [3.63, 3.8) is 0 Å². The van der Waals surface area contributed by atoms with Crippen LogP contribution in [0.5, 0.6) is 0 Å². The highest BCUT2D eigenvalue weighted by Crippen LogP contribution is 2.22. The molecule has 25 heavy (non-hydrogen) atoms. The van der Waals surface area contributed by atoms with Gasteiger partial charge in [-0.15, -0.1) is 0 Å². The van der Waals surface area contributed by atoms with Crippen LogP contribution in [0.4, 0.5) is 0 Å². The molecule has 1 amide bonds. The molecule has 0 spiro atoms. The van der Waals surface area contributed by atoms with Crippen molar-refractivity contribution >= 4 is 5.91 Å². The molecule has 0 bridgehead atoms. The average Bonchev–Trinajstić information content (AvgIpc) is 3.23. The fourth-order valence-corrected chi connectivity index (χ4v) is 2.85. The van der Waals surface area contributed by atoms with Crippen LogP contribution in [-0.2, 0) is 4.74 Å². The van der Waals surface area contributed by atoms with Gasteiger partial charge in [0, 0.05) is 37.5 Å². The fraction of sp³-hybridized carbons (Fsp3) is 0.222. The molecule has 1 saturated heterocycles. The van der Waals surface area contributed by atoms with E-state index in [1.54, 1.807) is 46.5 Å². The Kier molecular flexibility index (Phi) is 4.22. The summed E-state index contributed by atoms with van der Waals surface area (Å²) in [5.74, 6) is 0.639. The van der Waals surface area contributed by atoms with Gasteiger partial charge in [0.05, 0.1) is 18.7 Å². The number of aromatic nitrogens is 4. The van der Waals surface area contributed by atoms with E-state index in [1.165, 1.54) is 0 Å². The molecule has 3 aromatic rings. The molecule has 3 aromatic heterocycles. The second kappa shape index (κ2) is 6.82. The van der Waals surface area contributed by atoms with Crippen LogP contribution in [0, 0.1) is 0 Å². The third-order valence-electron chi connectivity index (χ3n) is 4.17. The molecule has 126 valence electrons. The summed E-state index contributed by atoms with van der Waals surface area (Å²) in [7, 11) is 0. The van der Waals surface area contributed by atoms with Crippen molar-refractivity contribution in [2.45, 2.75) is 6.10 Å². The van der Waals surface area contributed by atoms with Gasteiger partial charge >= 0.3 is 0 Å². The Bertz CT molecular complexity index is 834. The van der Waals surface area contributed by atoms with E-state index in [0.717, 1.165) is 5.56 Å². The van der Waals surface area contributed by atoms with Crippen molar-refractivity contribution < 1.29 is 9.53 Å². The van der Waals surface area contributed by atoms with E-state index in [1.807, 2.05) is 24.4 Å². The van der Waals surface area contributed by atoms with Gasteiger partial charge in [0.25, 0.3) is 5.91 Å². The van der Waals surface area contributed by atoms with Crippen LogP contribution in [0.25, 0.3) is 5.82 Å². The van der Waals surface area contributed by atoms with Gasteiger partial charge in [-0.2, -0.15) is 5.10 Å². The second-order valence-corrected chi connectivity index (χ2v) is 5.75. The molecule has 0 unspecified atom stereocenters. The van der Waals surface area contributed by atoms with Crippen molar-refractivity contribution in [3.8, 4) is 5.82 Å². The van der Waals surface area contributed by atoms with Crippen LogP contribution in [0.3, 0.4) is 0 Å². The van der Waals surface area contributed by atoms with E-state index in [-0.39, 0.29) is 12.0 Å². The van der Waals surface area contributed by atoms with Gasteiger partial charge in [0.1, 0.15) is 6.10 Å². The lowest BCUT2D eigenvalue weighted by Gasteiger charge is -2.33. The number of amides is 1. The zero-order valence-electron chi connectivity index (χ0n) is 13.5. The van der Waals surface area contributed by atoms with Crippen LogP contribution in [0.2, 0.25) is 0 Å². The van der Waals surface area contributed by atoms with Crippen LogP contribution >= 0.6 is 0 Å². The lowest BCUT2D eigenvalue weighted by atomic mass is 10.1. The summed E-state index contributed by atoms with van der Waals surface area (Å²) in [5, 5.41) is 4.13. The Morgan fingerprint density at radius 3 is 2.76 bits per heavy atom. The van der Waals surface area contributed by atoms with E-state index in [9.17, 15) is 4.79 Å². The van der Waals surface area contributed by atoms with Gasteiger partial charge in [-0.3, -0.25) is 9.78 Å². The number of hydrogen-bond donors (Lipinski definition) is 0. The first-order chi connectivity index (χ1) is 12.3. The number of carbonyl (C=O) groups excluding carboxylic acids is 1. The van der Waals surface area contributed by atoms with E-state index in [2.05, 4.69) is 15.1 Å². The van der Waals surface area contributed by atoms with Crippen LogP contribution in [0.1, 0.15) is 22.0 Å². The highest BCUT2D eigenvalue weighted by molar-refractivity contribution is 5.94. The van der Waals surface area contributed by atoms with Crippen LogP contribution in [0.15, 0.2) is 61.3 Å². The smallest absolute Gasteiger partial charge is 0.255 e. The second-order valence-electron chi connectivity index (χ2n) is 5.75. The number of ether oxygens (including phenoxy) is 1. The molecule has 4 heterocycles. The van der Waals surface area contributed by atoms with Gasteiger partial charge in [-0.05, 0) is 35.9 Å². The Labute approximate surface area is 144 Å². The summed E-state index contributed by atoms with van der Waals surface area (Å²) in [6, 6.07) is 9.23. The maximum Gasteiger partial charge on any atom is 0.255 e. The summed E-state index contributed by atoms with van der Waals surface area (Å²) >= 11 is 0. The summed E-state index contributed by atoms with van der Waals surface area (Å²) in [5.41, 5.74) is 1.59. The molecule has 1 atom stereocenters. The third kappa shape index (κ3) is 3.27. The first-order valence-electron chi connectivity index (χ1n) is 8.08. The van der Waals surface area contributed by atoms with Crippen molar-refractivity contribution in [2.75, 3.05) is 19.7 Å². The number of hydrogen-bond acceptors (Lipinski definition) is 5. The van der Waals surface area contributed by atoms with E-state index in [4.69, 9.17) is 4.74 Å². The van der Waals surface area contributed by atoms with Gasteiger partial charge in [-0.25, -0.2) is 9.67 Å². The Hall–Kier alpha value is -3.06. The van der Waals surface area contributed by atoms with Gasteiger partial charge in [0.2, 0.25) is 0 Å². The minimum Gasteiger partial charge on any atom is -0.370 e. The van der Waals surface area contributed by atoms with E-state index in [0.29, 0.717) is 31.1 Å². The number of pyridine rings is 2. The Morgan fingerprint density at radius 2 is 2.04 bits per heavy atom. The molecule has 1 aliphatic heterocycles. The lowest BCUT2D eigenvalue weighted by molar-refractivity contribution is -0.0228. The number of rotatable bonds is 3. The largest absolute Gasteiger partial charge is 0.370 e. The maximum atomic E-state index is 12.8. The molecule has 7 heteroatoms. The normalized spacial score (nSPS) is 17.4. The van der Waals surface area contributed by atoms with E-state index < -0.39 is 0 Å².